The van der Waals surface area contributed by atoms with E-state index in [-0.39, 0.29) is 5.82 Å². The third-order valence-electron chi connectivity index (χ3n) is 3.20. The smallest absolute Gasteiger partial charge is 0.224 e. The number of halogens is 1. The van der Waals surface area contributed by atoms with Crippen LogP contribution in [0.4, 0.5) is 4.39 Å². The highest BCUT2D eigenvalue weighted by Gasteiger charge is 2.21. The molecule has 0 bridgehead atoms. The van der Waals surface area contributed by atoms with E-state index in [1.54, 1.807) is 17.1 Å². The molecule has 1 fully saturated rings. The van der Waals surface area contributed by atoms with Gasteiger partial charge in [-0.25, -0.2) is 9.37 Å². The molecule has 0 unspecified atom stereocenters. The molecule has 0 radical (unpaired) electrons. The summed E-state index contributed by atoms with van der Waals surface area (Å²) in [6, 6.07) is 2.01. The Balaban J connectivity index is 1.75. The van der Waals surface area contributed by atoms with Crippen LogP contribution in [-0.4, -0.2) is 20.8 Å². The van der Waals surface area contributed by atoms with Gasteiger partial charge in [0.15, 0.2) is 5.75 Å². The molecule has 1 N–H and O–H groups in total. The molecule has 1 aliphatic carbocycles. The second-order valence-electron chi connectivity index (χ2n) is 4.91. The molecule has 5 nitrogen and oxygen atoms in total. The molecule has 0 spiro atoms. The molecule has 20 heavy (non-hydrogen) atoms. The first kappa shape index (κ1) is 13.1. The molecule has 3 rings (SSSR count). The van der Waals surface area contributed by atoms with Gasteiger partial charge in [-0.15, -0.1) is 0 Å². The molecule has 0 aromatic carbocycles. The van der Waals surface area contributed by atoms with E-state index in [4.69, 9.17) is 4.74 Å². The lowest BCUT2D eigenvalue weighted by molar-refractivity contribution is 0.447. The predicted octanol–water partition coefficient (Wildman–Crippen LogP) is 2.48. The molecule has 0 atom stereocenters. The number of nitrogens with zero attached hydrogens (tertiary/aromatic N) is 3. The molecular weight excluding hydrogens is 259 g/mol. The van der Waals surface area contributed by atoms with Crippen LogP contribution in [0.1, 0.15) is 25.3 Å². The average molecular weight is 276 g/mol. The molecule has 0 amide bonds. The van der Waals surface area contributed by atoms with E-state index in [9.17, 15) is 4.39 Å². The molecule has 2 aromatic heterocycles. The number of ether oxygens (including phenoxy) is 1. The van der Waals surface area contributed by atoms with Gasteiger partial charge in [-0.05, 0) is 25.8 Å². The van der Waals surface area contributed by atoms with Crippen molar-refractivity contribution in [3.05, 3.63) is 36.0 Å². The fourth-order valence-electron chi connectivity index (χ4n) is 1.91. The zero-order valence-corrected chi connectivity index (χ0v) is 11.3. The van der Waals surface area contributed by atoms with Crippen LogP contribution in [0.2, 0.25) is 0 Å². The lowest BCUT2D eigenvalue weighted by Crippen LogP contribution is -2.16. The van der Waals surface area contributed by atoms with Gasteiger partial charge < -0.3 is 10.1 Å². The van der Waals surface area contributed by atoms with Crippen molar-refractivity contribution >= 4 is 0 Å². The summed E-state index contributed by atoms with van der Waals surface area (Å²) < 4.78 is 20.8. The van der Waals surface area contributed by atoms with Gasteiger partial charge in [-0.1, -0.05) is 0 Å². The van der Waals surface area contributed by atoms with Crippen LogP contribution in [0.3, 0.4) is 0 Å². The fourth-order valence-corrected chi connectivity index (χ4v) is 1.91. The highest BCUT2D eigenvalue weighted by molar-refractivity contribution is 5.30. The van der Waals surface area contributed by atoms with Crippen molar-refractivity contribution in [2.24, 2.45) is 0 Å². The molecule has 0 aliphatic heterocycles. The van der Waals surface area contributed by atoms with Crippen LogP contribution in [0.5, 0.6) is 11.6 Å². The van der Waals surface area contributed by atoms with Gasteiger partial charge in [0.05, 0.1) is 18.6 Å². The van der Waals surface area contributed by atoms with E-state index in [1.165, 1.54) is 25.1 Å². The van der Waals surface area contributed by atoms with Crippen LogP contribution in [0.15, 0.2) is 24.7 Å². The van der Waals surface area contributed by atoms with Crippen molar-refractivity contribution in [3.8, 4) is 11.6 Å². The first-order valence-electron chi connectivity index (χ1n) is 6.82. The second kappa shape index (κ2) is 5.58. The van der Waals surface area contributed by atoms with Crippen molar-refractivity contribution in [2.45, 2.75) is 38.9 Å². The molecule has 1 aliphatic rings. The lowest BCUT2D eigenvalue weighted by atomic mass is 10.2. The fraction of sp³-hybridized carbons (Fsp3) is 0.429. The molecule has 1 saturated carbocycles. The Bertz CT molecular complexity index is 595. The number of aryl methyl sites for hydroxylation is 1. The van der Waals surface area contributed by atoms with Crippen LogP contribution in [0, 0.1) is 5.82 Å². The normalized spacial score (nSPS) is 14.5. The second-order valence-corrected chi connectivity index (χ2v) is 4.91. The molecule has 106 valence electrons. The van der Waals surface area contributed by atoms with Crippen LogP contribution in [0.25, 0.3) is 0 Å². The van der Waals surface area contributed by atoms with Crippen LogP contribution >= 0.6 is 0 Å². The SMILES string of the molecule is CCn1cc(Oc2ncc(F)cc2CNC2CC2)cn1. The Labute approximate surface area is 116 Å². The highest BCUT2D eigenvalue weighted by atomic mass is 19.1. The van der Waals surface area contributed by atoms with E-state index in [1.807, 2.05) is 6.92 Å². The average Bonchev–Trinajstić information content (AvgIpc) is 3.17. The topological polar surface area (TPSA) is 52.0 Å². The van der Waals surface area contributed by atoms with E-state index in [0.29, 0.717) is 24.2 Å². The Morgan fingerprint density at radius 3 is 3.00 bits per heavy atom. The zero-order valence-electron chi connectivity index (χ0n) is 11.3. The lowest BCUT2D eigenvalue weighted by Gasteiger charge is -2.09. The first-order valence-corrected chi connectivity index (χ1v) is 6.82. The first-order chi connectivity index (χ1) is 9.74. The summed E-state index contributed by atoms with van der Waals surface area (Å²) in [4.78, 5) is 4.03. The quantitative estimate of drug-likeness (QED) is 0.880. The van der Waals surface area contributed by atoms with E-state index < -0.39 is 0 Å². The number of rotatable bonds is 6. The minimum absolute atomic E-state index is 0.353. The van der Waals surface area contributed by atoms with Gasteiger partial charge in [-0.3, -0.25) is 4.68 Å². The third-order valence-corrected chi connectivity index (χ3v) is 3.20. The number of nitrogens with one attached hydrogen (secondary N) is 1. The van der Waals surface area contributed by atoms with Gasteiger partial charge >= 0.3 is 0 Å². The van der Waals surface area contributed by atoms with Crippen molar-refractivity contribution in [3.63, 3.8) is 0 Å². The molecule has 2 aromatic rings. The molecule has 2 heterocycles. The summed E-state index contributed by atoms with van der Waals surface area (Å²) in [7, 11) is 0. The van der Waals surface area contributed by atoms with Gasteiger partial charge in [0.1, 0.15) is 5.82 Å². The van der Waals surface area contributed by atoms with Crippen LogP contribution in [-0.2, 0) is 13.1 Å². The Hall–Kier alpha value is -1.95. The van der Waals surface area contributed by atoms with Gasteiger partial charge in [0.2, 0.25) is 5.88 Å². The monoisotopic (exact) mass is 276 g/mol. The Morgan fingerprint density at radius 2 is 2.30 bits per heavy atom. The maximum atomic E-state index is 13.3. The largest absolute Gasteiger partial charge is 0.435 e. The van der Waals surface area contributed by atoms with Crippen molar-refractivity contribution in [1.29, 1.82) is 0 Å². The van der Waals surface area contributed by atoms with Crippen molar-refractivity contribution in [1.82, 2.24) is 20.1 Å². The van der Waals surface area contributed by atoms with Gasteiger partial charge in [0.25, 0.3) is 0 Å². The zero-order chi connectivity index (χ0) is 13.9. The summed E-state index contributed by atoms with van der Waals surface area (Å²) in [5.74, 6) is 0.683. The minimum atomic E-state index is -0.353. The Kier molecular flexibility index (Phi) is 3.64. The summed E-state index contributed by atoms with van der Waals surface area (Å²) in [5, 5.41) is 7.47. The number of aromatic nitrogens is 3. The van der Waals surface area contributed by atoms with E-state index in [2.05, 4.69) is 15.4 Å². The molecular formula is C14H17FN4O. The number of hydrogen-bond donors (Lipinski definition) is 1. The summed E-state index contributed by atoms with van der Waals surface area (Å²) in [6.45, 7) is 3.33. The van der Waals surface area contributed by atoms with Crippen LogP contribution < -0.4 is 10.1 Å². The number of hydrogen-bond acceptors (Lipinski definition) is 4. The maximum Gasteiger partial charge on any atom is 0.224 e. The maximum absolute atomic E-state index is 13.3. The molecule has 0 saturated heterocycles. The highest BCUT2D eigenvalue weighted by Crippen LogP contribution is 2.25. The van der Waals surface area contributed by atoms with Gasteiger partial charge in [-0.2, -0.15) is 5.10 Å². The standard InChI is InChI=1S/C14H17FN4O/c1-2-19-9-13(8-18-19)20-14-10(5-11(15)7-17-14)6-16-12-3-4-12/h5,7-9,12,16H,2-4,6H2,1H3. The number of pyridine rings is 1. The molecule has 6 heteroatoms. The van der Waals surface area contributed by atoms with Crippen molar-refractivity contribution in [2.75, 3.05) is 0 Å². The van der Waals surface area contributed by atoms with E-state index >= 15 is 0 Å². The summed E-state index contributed by atoms with van der Waals surface area (Å²) in [6.07, 6.45) is 6.96. The predicted molar refractivity (Wildman–Crippen MR) is 72.0 cm³/mol. The third kappa shape index (κ3) is 3.14. The van der Waals surface area contributed by atoms with E-state index in [0.717, 1.165) is 12.1 Å². The summed E-state index contributed by atoms with van der Waals surface area (Å²) in [5.41, 5.74) is 0.723. The summed E-state index contributed by atoms with van der Waals surface area (Å²) >= 11 is 0. The minimum Gasteiger partial charge on any atom is -0.435 e. The van der Waals surface area contributed by atoms with Crippen molar-refractivity contribution < 1.29 is 9.13 Å². The van der Waals surface area contributed by atoms with Gasteiger partial charge in [0, 0.05) is 24.7 Å². The Morgan fingerprint density at radius 1 is 1.45 bits per heavy atom.